The molecule has 0 aliphatic heterocycles. The molecule has 1 heterocycles. The molecule has 0 aliphatic rings. The number of fused-ring (bicyclic) bond motifs is 1. The maximum atomic E-state index is 11.7. The van der Waals surface area contributed by atoms with Gasteiger partial charge in [0.05, 0.1) is 5.52 Å². The molecule has 1 aromatic heterocycles. The van der Waals surface area contributed by atoms with Crippen molar-refractivity contribution in [3.05, 3.63) is 44.7 Å². The number of pyridine rings is 1. The highest BCUT2D eigenvalue weighted by Crippen LogP contribution is 2.21. The van der Waals surface area contributed by atoms with Crippen LogP contribution in [0.2, 0.25) is 0 Å². The molecule has 0 aliphatic carbocycles. The van der Waals surface area contributed by atoms with Gasteiger partial charge in [0.25, 0.3) is 5.56 Å². The molecule has 0 atom stereocenters. The van der Waals surface area contributed by atoms with Gasteiger partial charge in [-0.25, -0.2) is 0 Å². The fraction of sp³-hybridized carbons (Fsp3) is 0.250. The summed E-state index contributed by atoms with van der Waals surface area (Å²) in [7, 11) is 0. The predicted molar refractivity (Wildman–Crippen MR) is 66.3 cm³/mol. The van der Waals surface area contributed by atoms with Crippen molar-refractivity contribution in [1.82, 2.24) is 4.57 Å². The third-order valence-electron chi connectivity index (χ3n) is 2.60. The molecule has 0 amide bonds. The Hall–Kier alpha value is -1.09. The summed E-state index contributed by atoms with van der Waals surface area (Å²) in [5.41, 5.74) is 2.11. The molecule has 3 heteroatoms. The second kappa shape index (κ2) is 3.81. The molecule has 1 aromatic carbocycles. The van der Waals surface area contributed by atoms with Crippen molar-refractivity contribution in [3.63, 3.8) is 0 Å². The van der Waals surface area contributed by atoms with Crippen LogP contribution >= 0.6 is 15.9 Å². The van der Waals surface area contributed by atoms with E-state index in [0.29, 0.717) is 6.54 Å². The van der Waals surface area contributed by atoms with E-state index in [1.807, 2.05) is 26.0 Å². The van der Waals surface area contributed by atoms with Gasteiger partial charge in [-0.3, -0.25) is 4.79 Å². The standard InChI is InChI=1S/C12H12BrNO/c1-3-14-11-5-4-9(13)7-10(11)8(2)6-12(14)15/h4-7H,3H2,1-2H3. The van der Waals surface area contributed by atoms with Crippen molar-refractivity contribution in [2.24, 2.45) is 0 Å². The van der Waals surface area contributed by atoms with Crippen LogP contribution < -0.4 is 5.56 Å². The first-order valence-corrected chi connectivity index (χ1v) is 5.72. The number of aromatic nitrogens is 1. The first-order valence-electron chi connectivity index (χ1n) is 4.93. The Balaban J connectivity index is 2.96. The number of hydrogen-bond donors (Lipinski definition) is 0. The van der Waals surface area contributed by atoms with Crippen molar-refractivity contribution >= 4 is 26.8 Å². The zero-order valence-electron chi connectivity index (χ0n) is 8.75. The number of rotatable bonds is 1. The smallest absolute Gasteiger partial charge is 0.251 e. The van der Waals surface area contributed by atoms with Crippen LogP contribution in [0.25, 0.3) is 10.9 Å². The van der Waals surface area contributed by atoms with Crippen molar-refractivity contribution < 1.29 is 0 Å². The van der Waals surface area contributed by atoms with E-state index in [1.165, 1.54) is 0 Å². The van der Waals surface area contributed by atoms with Crippen LogP contribution in [-0.4, -0.2) is 4.57 Å². The van der Waals surface area contributed by atoms with Crippen LogP contribution in [0.3, 0.4) is 0 Å². The monoisotopic (exact) mass is 265 g/mol. The Kier molecular flexibility index (Phi) is 2.65. The molecule has 0 spiro atoms. The lowest BCUT2D eigenvalue weighted by molar-refractivity contribution is 0.758. The number of halogens is 1. The number of benzene rings is 1. The topological polar surface area (TPSA) is 22.0 Å². The lowest BCUT2D eigenvalue weighted by Crippen LogP contribution is -2.19. The zero-order chi connectivity index (χ0) is 11.0. The third-order valence-corrected chi connectivity index (χ3v) is 3.09. The van der Waals surface area contributed by atoms with Crippen molar-refractivity contribution in [2.75, 3.05) is 0 Å². The van der Waals surface area contributed by atoms with E-state index in [9.17, 15) is 4.79 Å². The summed E-state index contributed by atoms with van der Waals surface area (Å²) in [6, 6.07) is 7.69. The fourth-order valence-electron chi connectivity index (χ4n) is 1.85. The van der Waals surface area contributed by atoms with Gasteiger partial charge in [-0.1, -0.05) is 15.9 Å². The first kappa shape index (κ1) is 10.4. The summed E-state index contributed by atoms with van der Waals surface area (Å²) in [5, 5.41) is 1.13. The van der Waals surface area contributed by atoms with E-state index in [1.54, 1.807) is 10.6 Å². The molecular weight excluding hydrogens is 254 g/mol. The summed E-state index contributed by atoms with van der Waals surface area (Å²) in [6.45, 7) is 4.66. The molecule has 78 valence electrons. The van der Waals surface area contributed by atoms with Crippen LogP contribution in [0.4, 0.5) is 0 Å². The van der Waals surface area contributed by atoms with E-state index >= 15 is 0 Å². The van der Waals surface area contributed by atoms with E-state index < -0.39 is 0 Å². The Bertz CT molecular complexity index is 572. The highest BCUT2D eigenvalue weighted by atomic mass is 79.9. The van der Waals surface area contributed by atoms with Crippen molar-refractivity contribution in [3.8, 4) is 0 Å². The van der Waals surface area contributed by atoms with Crippen LogP contribution in [0.1, 0.15) is 12.5 Å². The van der Waals surface area contributed by atoms with E-state index in [4.69, 9.17) is 0 Å². The lowest BCUT2D eigenvalue weighted by Gasteiger charge is -2.09. The number of aryl methyl sites for hydroxylation is 2. The third kappa shape index (κ3) is 1.72. The van der Waals surface area contributed by atoms with E-state index in [-0.39, 0.29) is 5.56 Å². The molecule has 0 saturated heterocycles. The molecule has 0 N–H and O–H groups in total. The summed E-state index contributed by atoms with van der Waals surface area (Å²) < 4.78 is 2.83. The molecule has 2 aromatic rings. The van der Waals surface area contributed by atoms with Crippen LogP contribution in [0, 0.1) is 6.92 Å². The van der Waals surface area contributed by atoms with Gasteiger partial charge in [0.2, 0.25) is 0 Å². The average Bonchev–Trinajstić information content (AvgIpc) is 2.19. The molecule has 0 saturated carbocycles. The summed E-state index contributed by atoms with van der Waals surface area (Å²) in [6.07, 6.45) is 0. The second-order valence-corrected chi connectivity index (χ2v) is 4.49. The quantitative estimate of drug-likeness (QED) is 0.777. The van der Waals surface area contributed by atoms with Gasteiger partial charge in [-0.05, 0) is 37.6 Å². The molecule has 0 unspecified atom stereocenters. The normalized spacial score (nSPS) is 10.9. The van der Waals surface area contributed by atoms with E-state index in [2.05, 4.69) is 22.0 Å². The van der Waals surface area contributed by atoms with Crippen molar-refractivity contribution in [2.45, 2.75) is 20.4 Å². The first-order chi connectivity index (χ1) is 7.13. The number of hydrogen-bond acceptors (Lipinski definition) is 1. The van der Waals surface area contributed by atoms with Gasteiger partial charge >= 0.3 is 0 Å². The lowest BCUT2D eigenvalue weighted by atomic mass is 10.1. The van der Waals surface area contributed by atoms with Crippen LogP contribution in [0.5, 0.6) is 0 Å². The Labute approximate surface area is 96.7 Å². The largest absolute Gasteiger partial charge is 0.309 e. The predicted octanol–water partition coefficient (Wildman–Crippen LogP) is 3.09. The molecule has 2 rings (SSSR count). The molecule has 0 radical (unpaired) electrons. The highest BCUT2D eigenvalue weighted by Gasteiger charge is 2.04. The van der Waals surface area contributed by atoms with Gasteiger partial charge in [-0.15, -0.1) is 0 Å². The van der Waals surface area contributed by atoms with Gasteiger partial charge in [-0.2, -0.15) is 0 Å². The minimum atomic E-state index is 0.0739. The van der Waals surface area contributed by atoms with Gasteiger partial charge < -0.3 is 4.57 Å². The maximum absolute atomic E-state index is 11.7. The molecule has 0 fully saturated rings. The molecule has 0 bridgehead atoms. The molecule has 15 heavy (non-hydrogen) atoms. The molecule has 2 nitrogen and oxygen atoms in total. The van der Waals surface area contributed by atoms with Crippen LogP contribution in [-0.2, 0) is 6.54 Å². The van der Waals surface area contributed by atoms with Gasteiger partial charge in [0.15, 0.2) is 0 Å². The van der Waals surface area contributed by atoms with Gasteiger partial charge in [0, 0.05) is 22.5 Å². The SMILES string of the molecule is CCn1c(=O)cc(C)c2cc(Br)ccc21. The van der Waals surface area contributed by atoms with Crippen LogP contribution in [0.15, 0.2) is 33.5 Å². The maximum Gasteiger partial charge on any atom is 0.251 e. The minimum absolute atomic E-state index is 0.0739. The average molecular weight is 266 g/mol. The van der Waals surface area contributed by atoms with Crippen molar-refractivity contribution in [1.29, 1.82) is 0 Å². The Morgan fingerprint density at radius 1 is 1.33 bits per heavy atom. The zero-order valence-corrected chi connectivity index (χ0v) is 10.3. The van der Waals surface area contributed by atoms with Gasteiger partial charge in [0.1, 0.15) is 0 Å². The summed E-state index contributed by atoms with van der Waals surface area (Å²) in [5.74, 6) is 0. The fourth-order valence-corrected chi connectivity index (χ4v) is 2.21. The second-order valence-electron chi connectivity index (χ2n) is 3.57. The number of nitrogens with zero attached hydrogens (tertiary/aromatic N) is 1. The Morgan fingerprint density at radius 2 is 2.07 bits per heavy atom. The highest BCUT2D eigenvalue weighted by molar-refractivity contribution is 9.10. The molecular formula is C12H12BrNO. The summed E-state index contributed by atoms with van der Waals surface area (Å²) in [4.78, 5) is 11.7. The Morgan fingerprint density at radius 3 is 2.73 bits per heavy atom. The summed E-state index contributed by atoms with van der Waals surface area (Å²) >= 11 is 3.44. The van der Waals surface area contributed by atoms with E-state index in [0.717, 1.165) is 20.9 Å². The minimum Gasteiger partial charge on any atom is -0.309 e.